The lowest BCUT2D eigenvalue weighted by atomic mass is 9.84. The molecular weight excluding hydrogens is 1860 g/mol. The number of hydrogen-bond donors (Lipinski definition) is 3. The highest BCUT2D eigenvalue weighted by atomic mass is 35.5. The number of aryl methyl sites for hydroxylation is 1. The molecule has 0 aliphatic carbocycles. The number of nitrogens with one attached hydrogen (secondary N) is 2. The minimum atomic E-state index is -3.73. The number of Topliss-reactive ketones (excluding diaryl/α,β-unsaturated/α-hetero) is 1. The summed E-state index contributed by atoms with van der Waals surface area (Å²) in [7, 11) is -1.02. The minimum absolute atomic E-state index is 0.00408. The monoisotopic (exact) mass is 1980 g/mol. The van der Waals surface area contributed by atoms with Gasteiger partial charge >= 0.3 is 11.9 Å². The van der Waals surface area contributed by atoms with E-state index in [1.54, 1.807) is 36.4 Å². The van der Waals surface area contributed by atoms with E-state index >= 15 is 0 Å². The minimum Gasteiger partial charge on any atom is -0.379 e. The van der Waals surface area contributed by atoms with Crippen LogP contribution in [0.15, 0.2) is 119 Å². The number of halogens is 6. The van der Waals surface area contributed by atoms with E-state index in [0.29, 0.717) is 167 Å². The van der Waals surface area contributed by atoms with Gasteiger partial charge in [-0.15, -0.1) is 10.1 Å². The Labute approximate surface area is 796 Å². The van der Waals surface area contributed by atoms with Crippen LogP contribution in [0.3, 0.4) is 0 Å². The molecule has 39 heteroatoms. The molecule has 11 rings (SSSR count). The van der Waals surface area contributed by atoms with Gasteiger partial charge in [0.25, 0.3) is 23.6 Å². The second-order valence-electron chi connectivity index (χ2n) is 31.9. The zero-order valence-corrected chi connectivity index (χ0v) is 80.3. The number of fused-ring (bicyclic) bond motifs is 3. The van der Waals surface area contributed by atoms with E-state index in [1.807, 2.05) is 56.6 Å². The molecule has 0 aromatic heterocycles. The van der Waals surface area contributed by atoms with Crippen LogP contribution in [0.25, 0.3) is 0 Å². The van der Waals surface area contributed by atoms with Crippen molar-refractivity contribution < 1.29 is 107 Å². The molecule has 3 unspecified atom stereocenters. The molecule has 0 saturated carbocycles. The van der Waals surface area contributed by atoms with Crippen LogP contribution in [-0.4, -0.2) is 274 Å². The first kappa shape index (κ1) is 107. The van der Waals surface area contributed by atoms with Gasteiger partial charge in [0.15, 0.2) is 9.84 Å². The van der Waals surface area contributed by atoms with Crippen molar-refractivity contribution in [3.05, 3.63) is 195 Å². The third kappa shape index (κ3) is 36.1. The number of rotatable bonds is 53. The molecule has 131 heavy (non-hydrogen) atoms. The van der Waals surface area contributed by atoms with Crippen molar-refractivity contribution in [1.82, 2.24) is 34.9 Å². The number of sulfonamides is 1. The summed E-state index contributed by atoms with van der Waals surface area (Å²) in [6.07, 6.45) is 3.58. The van der Waals surface area contributed by atoms with Crippen LogP contribution in [0, 0.1) is 0 Å². The quantitative estimate of drug-likeness (QED) is 0.0236. The van der Waals surface area contributed by atoms with Gasteiger partial charge in [0.1, 0.15) is 5.78 Å². The van der Waals surface area contributed by atoms with E-state index in [2.05, 4.69) is 71.8 Å². The topological polar surface area (TPSA) is 373 Å². The van der Waals surface area contributed by atoms with Crippen molar-refractivity contribution >= 4 is 137 Å². The van der Waals surface area contributed by atoms with Crippen LogP contribution in [0.5, 0.6) is 0 Å². The van der Waals surface area contributed by atoms with Crippen molar-refractivity contribution in [3.8, 4) is 0 Å². The van der Waals surface area contributed by atoms with Gasteiger partial charge in [-0.2, -0.15) is 0 Å². The summed E-state index contributed by atoms with van der Waals surface area (Å²) in [5.74, 6) is -4.43. The van der Waals surface area contributed by atoms with Crippen LogP contribution in [-0.2, 0) is 137 Å². The number of amides is 5. The second-order valence-corrected chi connectivity index (χ2v) is 38.3. The van der Waals surface area contributed by atoms with Crippen LogP contribution >= 0.6 is 69.6 Å². The molecule has 6 aromatic carbocycles. The lowest BCUT2D eigenvalue weighted by Gasteiger charge is -2.33. The Morgan fingerprint density at radius 3 is 1.15 bits per heavy atom. The van der Waals surface area contributed by atoms with Crippen LogP contribution < -0.4 is 15.8 Å². The highest BCUT2D eigenvalue weighted by molar-refractivity contribution is 7.91. The number of likely N-dealkylation sites (N-methyl/N-ethyl adjacent to an activating group) is 3. The molecule has 4 N–H and O–H groups in total. The molecule has 6 aromatic rings. The largest absolute Gasteiger partial charge is 0.379 e. The van der Waals surface area contributed by atoms with Gasteiger partial charge in [-0.25, -0.2) is 31.1 Å². The normalized spacial score (nSPS) is 16.5. The number of nitrogens with two attached hydrogens (primary N) is 1. The summed E-state index contributed by atoms with van der Waals surface area (Å²) in [5.41, 5.74) is 16.6. The Bertz CT molecular complexity index is 4710. The molecule has 0 radical (unpaired) electrons. The number of hydroxylamine groups is 4. The number of carbonyl (C=O) groups excluding carboxylic acids is 8. The Balaban J connectivity index is 0.000000284. The average molecular weight is 1980 g/mol. The maximum absolute atomic E-state index is 13.0. The Hall–Kier alpha value is -7.24. The van der Waals surface area contributed by atoms with Gasteiger partial charge in [-0.3, -0.25) is 28.8 Å². The first-order valence-electron chi connectivity index (χ1n) is 43.8. The highest BCUT2D eigenvalue weighted by Crippen LogP contribution is 2.42. The Morgan fingerprint density at radius 1 is 0.397 bits per heavy atom. The predicted molar refractivity (Wildman–Crippen MR) is 495 cm³/mol. The molecule has 5 aliphatic rings. The van der Waals surface area contributed by atoms with E-state index in [4.69, 9.17) is 118 Å². The van der Waals surface area contributed by atoms with E-state index in [1.165, 1.54) is 22.3 Å². The number of hydrogen-bond acceptors (Lipinski definition) is 27. The van der Waals surface area contributed by atoms with Gasteiger partial charge in [0, 0.05) is 172 Å². The molecule has 0 spiro atoms. The van der Waals surface area contributed by atoms with E-state index in [9.17, 15) is 55.2 Å². The van der Waals surface area contributed by atoms with E-state index < -0.39 is 68.3 Å². The van der Waals surface area contributed by atoms with Crippen molar-refractivity contribution in [3.63, 3.8) is 0 Å². The summed E-state index contributed by atoms with van der Waals surface area (Å²) in [4.78, 5) is 108. The zero-order chi connectivity index (χ0) is 94.2. The molecule has 31 nitrogen and oxygen atoms in total. The van der Waals surface area contributed by atoms with E-state index in [0.717, 1.165) is 97.0 Å². The first-order valence-corrected chi connectivity index (χ1v) is 49.2. The molecule has 718 valence electrons. The predicted octanol–water partition coefficient (Wildman–Crippen LogP) is 11.8. The average Bonchev–Trinajstić information content (AvgIpc) is 1.15. The highest BCUT2D eigenvalue weighted by Gasteiger charge is 2.37. The fraction of sp³-hybridized carbons (Fsp3) is 0.522. The third-order valence-electron chi connectivity index (χ3n) is 21.7. The Morgan fingerprint density at radius 2 is 0.748 bits per heavy atom. The molecule has 2 fully saturated rings. The maximum Gasteiger partial charge on any atom is 0.333 e. The number of benzene rings is 6. The number of sulfone groups is 1. The Kier molecular flexibility index (Phi) is 46.2. The van der Waals surface area contributed by atoms with Gasteiger partial charge in [0.2, 0.25) is 15.9 Å². The second kappa shape index (κ2) is 56.3. The molecular formula is C92H118Cl6N8O23S2. The molecule has 5 amide bonds. The number of unbranched alkanes of at least 4 members (excludes halogenated alkanes) is 1. The number of ketones is 1. The summed E-state index contributed by atoms with van der Waals surface area (Å²) in [6, 6.07) is 34.2. The summed E-state index contributed by atoms with van der Waals surface area (Å²) >= 11 is 38.5. The smallest absolute Gasteiger partial charge is 0.333 e. The molecule has 3 atom stereocenters. The summed E-state index contributed by atoms with van der Waals surface area (Å²) in [6.45, 7) is 13.2. The van der Waals surface area contributed by atoms with Gasteiger partial charge < -0.3 is 78.1 Å². The van der Waals surface area contributed by atoms with Crippen molar-refractivity contribution in [1.29, 1.82) is 0 Å². The van der Waals surface area contributed by atoms with Gasteiger partial charge in [0.05, 0.1) is 127 Å². The zero-order valence-electron chi connectivity index (χ0n) is 74.1. The molecule has 5 heterocycles. The SMILES string of the molecule is CN1Cc2c(Cl)cc(Cl)cc2C(c2ccc(CCCCOCCOCCOCCN)cc2)C1.CN1Cc2c(Cl)cc(Cl)cc2C(c2ccc(S(=O)(=O)CCCOCCOCCOCCCC(=O)CCC(=O)NCCOCCOCCOCCNS(=O)(=O)c3ccc(C4CN(C)Cc5c(Cl)cc(Cl)cc54)cc3)cc2)C1.O=C(CCC(=O)ON1C(=O)CCC1=O)ON1C(=O)CCC1=O. The number of nitrogens with zero attached hydrogens (tertiary/aromatic N) is 5. The van der Waals surface area contributed by atoms with Crippen molar-refractivity contribution in [2.75, 3.05) is 185 Å². The van der Waals surface area contributed by atoms with Gasteiger partial charge in [-0.05, 0) is 170 Å². The maximum atomic E-state index is 13.0. The molecule has 0 bridgehead atoms. The third-order valence-corrected chi connectivity index (χ3v) is 26.7. The first-order chi connectivity index (χ1) is 63.0. The van der Waals surface area contributed by atoms with E-state index in [-0.39, 0.29) is 110 Å². The lowest BCUT2D eigenvalue weighted by molar-refractivity contribution is -0.201. The number of imide groups is 2. The summed E-state index contributed by atoms with van der Waals surface area (Å²) < 4.78 is 104. The van der Waals surface area contributed by atoms with Crippen LogP contribution in [0.4, 0.5) is 0 Å². The number of carbonyl (C=O) groups is 8. The molecule has 2 saturated heterocycles. The lowest BCUT2D eigenvalue weighted by Crippen LogP contribution is -2.33. The fourth-order valence-electron chi connectivity index (χ4n) is 15.1. The van der Waals surface area contributed by atoms with Gasteiger partial charge in [-0.1, -0.05) is 118 Å². The number of ether oxygens (including phenoxy) is 9. The molecule has 5 aliphatic heterocycles. The summed E-state index contributed by atoms with van der Waals surface area (Å²) in [5, 5.41) is 7.34. The van der Waals surface area contributed by atoms with Crippen molar-refractivity contribution in [2.45, 2.75) is 137 Å². The van der Waals surface area contributed by atoms with Crippen LogP contribution in [0.2, 0.25) is 30.1 Å². The standard InChI is InChI=1S/C54H70Cl4N4O12S2.C26H36Cl2N2O3.C12H12N2O8/c1-61-35-48(46-31-41(55)33-52(57)50(46)37-61)39-6-11-44(12-7-39)75(65,66)30-4-19-70-23-27-73-26-22-69-18-3-5-43(63)10-15-54(64)59-16-20-71-24-28-74-29-25-72-21-17-60-76(67,68)45-13-8-40(9-14-45)49-36-62(2)38-51-47(49)32-42(56)34-53(51)58;1-30-18-24(23-16-22(27)17-26(28)25(23)19-30)21-7-5-20(6-8-21)4-2-3-10-31-12-14-33-15-13-32-11-9-29;15-7-1-2-8(16)13(7)21-11(19)5-6-12(20)22-14-9(17)3-4-10(14)18/h6-9,11-14,31-34,48-49,60H,3-5,10,15-30,35-38H2,1-2H3,(H,59,64);5-8,16-17,24H,2-4,9-15,18-19,29H2,1H3;1-6H2. The fourth-order valence-corrected chi connectivity index (χ4v) is 19.1. The van der Waals surface area contributed by atoms with Crippen molar-refractivity contribution in [2.24, 2.45) is 5.73 Å². The van der Waals surface area contributed by atoms with Crippen LogP contribution in [0.1, 0.15) is 157 Å².